The van der Waals surface area contributed by atoms with Crippen LogP contribution in [0.3, 0.4) is 0 Å². The van der Waals surface area contributed by atoms with Crippen LogP contribution < -0.4 is 10.6 Å². The standard InChI is InChI=1S/C20H24N2O3S/c1-3-25-20(24)18-15-10-9-13(2)11-16(15)26-19(18)22-17(23)12-21-14-7-5-4-6-8-14/h4-8,13,21H,3,9-12H2,1-2H3,(H,22,23)/t13-/m1/s1. The van der Waals surface area contributed by atoms with E-state index in [9.17, 15) is 9.59 Å². The van der Waals surface area contributed by atoms with Crippen molar-refractivity contribution in [1.82, 2.24) is 0 Å². The van der Waals surface area contributed by atoms with E-state index in [2.05, 4.69) is 17.6 Å². The third kappa shape index (κ3) is 4.25. The Balaban J connectivity index is 1.75. The Kier molecular flexibility index (Phi) is 5.93. The zero-order valence-electron chi connectivity index (χ0n) is 15.1. The van der Waals surface area contributed by atoms with Crippen LogP contribution >= 0.6 is 11.3 Å². The highest BCUT2D eigenvalue weighted by molar-refractivity contribution is 7.17. The zero-order valence-corrected chi connectivity index (χ0v) is 15.9. The van der Waals surface area contributed by atoms with E-state index in [-0.39, 0.29) is 18.4 Å². The van der Waals surface area contributed by atoms with Crippen LogP contribution in [0.4, 0.5) is 10.7 Å². The third-order valence-corrected chi connectivity index (χ3v) is 5.64. The van der Waals surface area contributed by atoms with Gasteiger partial charge in [0.15, 0.2) is 0 Å². The monoisotopic (exact) mass is 372 g/mol. The molecule has 0 aliphatic heterocycles. The smallest absolute Gasteiger partial charge is 0.341 e. The first-order valence-electron chi connectivity index (χ1n) is 8.99. The van der Waals surface area contributed by atoms with Crippen molar-refractivity contribution in [1.29, 1.82) is 0 Å². The first kappa shape index (κ1) is 18.5. The Bertz CT molecular complexity index is 786. The van der Waals surface area contributed by atoms with Crippen LogP contribution in [0.1, 0.15) is 41.1 Å². The first-order valence-corrected chi connectivity index (χ1v) is 9.80. The van der Waals surface area contributed by atoms with Crippen molar-refractivity contribution in [2.75, 3.05) is 23.8 Å². The summed E-state index contributed by atoms with van der Waals surface area (Å²) >= 11 is 1.51. The summed E-state index contributed by atoms with van der Waals surface area (Å²) in [5.74, 6) is 0.0800. The highest BCUT2D eigenvalue weighted by atomic mass is 32.1. The lowest BCUT2D eigenvalue weighted by Crippen LogP contribution is -2.22. The molecular weight excluding hydrogens is 348 g/mol. The molecule has 26 heavy (non-hydrogen) atoms. The minimum absolute atomic E-state index is 0.144. The number of hydrogen-bond acceptors (Lipinski definition) is 5. The van der Waals surface area contributed by atoms with Gasteiger partial charge in [0.25, 0.3) is 0 Å². The van der Waals surface area contributed by atoms with Gasteiger partial charge in [-0.25, -0.2) is 4.79 Å². The SMILES string of the molecule is CCOC(=O)c1c(NC(=O)CNc2ccccc2)sc2c1CC[C@@H](C)C2. The molecule has 1 aromatic heterocycles. The molecule has 0 fully saturated rings. The van der Waals surface area contributed by atoms with Gasteiger partial charge >= 0.3 is 5.97 Å². The molecule has 2 aromatic rings. The largest absolute Gasteiger partial charge is 0.462 e. The van der Waals surface area contributed by atoms with Crippen LogP contribution in [0.2, 0.25) is 0 Å². The molecule has 0 radical (unpaired) electrons. The lowest BCUT2D eigenvalue weighted by atomic mass is 9.88. The lowest BCUT2D eigenvalue weighted by molar-refractivity contribution is -0.114. The summed E-state index contributed by atoms with van der Waals surface area (Å²) in [6, 6.07) is 9.56. The van der Waals surface area contributed by atoms with Crippen molar-refractivity contribution in [2.24, 2.45) is 5.92 Å². The van der Waals surface area contributed by atoms with Crippen molar-refractivity contribution in [2.45, 2.75) is 33.1 Å². The second kappa shape index (κ2) is 8.36. The van der Waals surface area contributed by atoms with Gasteiger partial charge in [-0.15, -0.1) is 11.3 Å². The van der Waals surface area contributed by atoms with E-state index in [4.69, 9.17) is 4.74 Å². The number of nitrogens with one attached hydrogen (secondary N) is 2. The topological polar surface area (TPSA) is 67.4 Å². The number of carbonyl (C=O) groups excluding carboxylic acids is 2. The van der Waals surface area contributed by atoms with E-state index < -0.39 is 0 Å². The quantitative estimate of drug-likeness (QED) is 0.749. The number of rotatable bonds is 6. The molecule has 6 heteroatoms. The molecular formula is C20H24N2O3S. The molecule has 0 saturated carbocycles. The molecule has 0 saturated heterocycles. The average molecular weight is 372 g/mol. The number of para-hydroxylation sites is 1. The Morgan fingerprint density at radius 3 is 2.77 bits per heavy atom. The molecule has 138 valence electrons. The van der Waals surface area contributed by atoms with Crippen LogP contribution in [0.15, 0.2) is 30.3 Å². The van der Waals surface area contributed by atoms with Gasteiger partial charge in [0.2, 0.25) is 5.91 Å². The second-order valence-corrected chi connectivity index (χ2v) is 7.65. The minimum Gasteiger partial charge on any atom is -0.462 e. The van der Waals surface area contributed by atoms with Gasteiger partial charge in [-0.05, 0) is 49.8 Å². The number of thiophene rings is 1. The predicted molar refractivity (Wildman–Crippen MR) is 105 cm³/mol. The van der Waals surface area contributed by atoms with Crippen LogP contribution in [0.25, 0.3) is 0 Å². The van der Waals surface area contributed by atoms with E-state index in [1.165, 1.54) is 16.2 Å². The lowest BCUT2D eigenvalue weighted by Gasteiger charge is -2.18. The number of benzene rings is 1. The summed E-state index contributed by atoms with van der Waals surface area (Å²) in [6.45, 7) is 4.48. The molecule has 1 amide bonds. The fourth-order valence-corrected chi connectivity index (χ4v) is 4.58. The molecule has 2 N–H and O–H groups in total. The van der Waals surface area contributed by atoms with Gasteiger partial charge < -0.3 is 15.4 Å². The minimum atomic E-state index is -0.342. The van der Waals surface area contributed by atoms with Gasteiger partial charge in [-0.1, -0.05) is 25.1 Å². The number of ether oxygens (including phenoxy) is 1. The molecule has 0 bridgehead atoms. The van der Waals surface area contributed by atoms with Crippen molar-refractivity contribution in [3.05, 3.63) is 46.3 Å². The zero-order chi connectivity index (χ0) is 18.5. The summed E-state index contributed by atoms with van der Waals surface area (Å²) in [5, 5.41) is 6.61. The summed E-state index contributed by atoms with van der Waals surface area (Å²) in [5.41, 5.74) is 2.48. The number of anilines is 2. The van der Waals surface area contributed by atoms with Crippen LogP contribution in [0, 0.1) is 5.92 Å². The molecule has 3 rings (SSSR count). The molecule has 1 aliphatic carbocycles. The van der Waals surface area contributed by atoms with E-state index in [1.807, 2.05) is 30.3 Å². The van der Waals surface area contributed by atoms with Gasteiger partial charge in [-0.2, -0.15) is 0 Å². The Labute approximate surface area is 157 Å². The maximum atomic E-state index is 12.5. The summed E-state index contributed by atoms with van der Waals surface area (Å²) in [4.78, 5) is 26.0. The maximum Gasteiger partial charge on any atom is 0.341 e. The van der Waals surface area contributed by atoms with Crippen LogP contribution in [0.5, 0.6) is 0 Å². The van der Waals surface area contributed by atoms with Gasteiger partial charge in [0.05, 0.1) is 18.7 Å². The van der Waals surface area contributed by atoms with Crippen molar-refractivity contribution >= 4 is 33.9 Å². The predicted octanol–water partition coefficient (Wildman–Crippen LogP) is 4.10. The summed E-state index contributed by atoms with van der Waals surface area (Å²) in [6.07, 6.45) is 2.86. The number of amides is 1. The van der Waals surface area contributed by atoms with Gasteiger partial charge in [0.1, 0.15) is 5.00 Å². The Morgan fingerprint density at radius 1 is 1.27 bits per heavy atom. The maximum absolute atomic E-state index is 12.5. The van der Waals surface area contributed by atoms with Gasteiger partial charge in [-0.3, -0.25) is 4.79 Å². The number of fused-ring (bicyclic) bond motifs is 1. The van der Waals surface area contributed by atoms with Crippen molar-refractivity contribution in [3.63, 3.8) is 0 Å². The second-order valence-electron chi connectivity index (χ2n) is 6.54. The van der Waals surface area contributed by atoms with E-state index in [0.29, 0.717) is 23.1 Å². The first-order chi connectivity index (χ1) is 12.6. The summed E-state index contributed by atoms with van der Waals surface area (Å²) in [7, 11) is 0. The van der Waals surface area contributed by atoms with E-state index in [0.717, 1.165) is 30.5 Å². The summed E-state index contributed by atoms with van der Waals surface area (Å²) < 4.78 is 5.23. The van der Waals surface area contributed by atoms with Gasteiger partial charge in [0, 0.05) is 10.6 Å². The normalized spacial score (nSPS) is 15.8. The third-order valence-electron chi connectivity index (χ3n) is 4.47. The average Bonchev–Trinajstić information content (AvgIpc) is 2.98. The molecule has 1 aliphatic rings. The highest BCUT2D eigenvalue weighted by Crippen LogP contribution is 2.40. The van der Waals surface area contributed by atoms with E-state index in [1.54, 1.807) is 6.92 Å². The van der Waals surface area contributed by atoms with Crippen molar-refractivity contribution < 1.29 is 14.3 Å². The van der Waals surface area contributed by atoms with E-state index >= 15 is 0 Å². The van der Waals surface area contributed by atoms with Crippen LogP contribution in [-0.2, 0) is 22.4 Å². The Hall–Kier alpha value is -2.34. The molecule has 0 unspecified atom stereocenters. The molecule has 1 aromatic carbocycles. The van der Waals surface area contributed by atoms with Crippen LogP contribution in [-0.4, -0.2) is 25.0 Å². The van der Waals surface area contributed by atoms with Crippen molar-refractivity contribution in [3.8, 4) is 0 Å². The molecule has 1 atom stereocenters. The fourth-order valence-electron chi connectivity index (χ4n) is 3.17. The molecule has 1 heterocycles. The number of esters is 1. The molecule has 0 spiro atoms. The number of hydrogen-bond donors (Lipinski definition) is 2. The fraction of sp³-hybridized carbons (Fsp3) is 0.400. The number of carbonyl (C=O) groups is 2. The molecule has 5 nitrogen and oxygen atoms in total. The Morgan fingerprint density at radius 2 is 2.04 bits per heavy atom. The highest BCUT2D eigenvalue weighted by Gasteiger charge is 2.29.